The third-order valence-corrected chi connectivity index (χ3v) is 4.10. The van der Waals surface area contributed by atoms with E-state index in [9.17, 15) is 0 Å². The second-order valence-electron chi connectivity index (χ2n) is 5.52. The van der Waals surface area contributed by atoms with E-state index in [-0.39, 0.29) is 0 Å². The fourth-order valence-corrected chi connectivity index (χ4v) is 3.00. The summed E-state index contributed by atoms with van der Waals surface area (Å²) in [4.78, 5) is 7.34. The van der Waals surface area contributed by atoms with Gasteiger partial charge in [0.15, 0.2) is 0 Å². The Morgan fingerprint density at radius 1 is 1.38 bits per heavy atom. The fourth-order valence-electron chi connectivity index (χ4n) is 3.00. The minimum Gasteiger partial charge on any atom is -0.377 e. The van der Waals surface area contributed by atoms with E-state index in [4.69, 9.17) is 9.72 Å². The molecule has 4 heteroatoms. The topological polar surface area (TPSA) is 37.4 Å². The van der Waals surface area contributed by atoms with Gasteiger partial charge < -0.3 is 15.0 Å². The van der Waals surface area contributed by atoms with E-state index >= 15 is 0 Å². The molecule has 0 spiro atoms. The monoisotopic (exact) mass is 285 g/mol. The summed E-state index contributed by atoms with van der Waals surface area (Å²) in [5, 5.41) is 5.69. The summed E-state index contributed by atoms with van der Waals surface area (Å²) in [5.74, 6) is 1.11. The van der Waals surface area contributed by atoms with E-state index in [0.29, 0.717) is 6.04 Å². The predicted molar refractivity (Wildman–Crippen MR) is 86.8 cm³/mol. The van der Waals surface area contributed by atoms with E-state index in [1.807, 2.05) is 7.05 Å². The highest BCUT2D eigenvalue weighted by molar-refractivity contribution is 5.92. The average Bonchev–Trinajstić information content (AvgIpc) is 2.54. The molecule has 2 heterocycles. The van der Waals surface area contributed by atoms with Gasteiger partial charge in [-0.2, -0.15) is 0 Å². The van der Waals surface area contributed by atoms with E-state index in [0.717, 1.165) is 44.2 Å². The molecule has 1 atom stereocenters. The molecule has 1 aromatic heterocycles. The molecule has 0 amide bonds. The van der Waals surface area contributed by atoms with Crippen LogP contribution in [0.15, 0.2) is 30.3 Å². The van der Waals surface area contributed by atoms with Crippen molar-refractivity contribution in [3.8, 4) is 0 Å². The molecule has 1 aromatic carbocycles. The predicted octanol–water partition coefficient (Wildman–Crippen LogP) is 2.57. The van der Waals surface area contributed by atoms with Crippen molar-refractivity contribution in [2.75, 3.05) is 31.7 Å². The molecule has 1 fully saturated rings. The van der Waals surface area contributed by atoms with Crippen LogP contribution in [0.4, 0.5) is 5.82 Å². The van der Waals surface area contributed by atoms with Gasteiger partial charge in [0.25, 0.3) is 0 Å². The summed E-state index contributed by atoms with van der Waals surface area (Å²) >= 11 is 0. The van der Waals surface area contributed by atoms with Crippen LogP contribution in [0, 0.1) is 0 Å². The Labute approximate surface area is 126 Å². The number of rotatable bonds is 4. The number of anilines is 1. The normalized spacial score (nSPS) is 19.1. The lowest BCUT2D eigenvalue weighted by Gasteiger charge is -2.36. The lowest BCUT2D eigenvalue weighted by Crippen LogP contribution is -2.45. The molecule has 21 heavy (non-hydrogen) atoms. The molecule has 1 aliphatic rings. The molecule has 0 aliphatic carbocycles. The van der Waals surface area contributed by atoms with E-state index in [2.05, 4.69) is 47.5 Å². The number of fused-ring (bicyclic) bond motifs is 1. The zero-order chi connectivity index (χ0) is 14.7. The number of benzene rings is 1. The molecule has 1 N–H and O–H groups in total. The quantitative estimate of drug-likeness (QED) is 0.937. The lowest BCUT2D eigenvalue weighted by atomic mass is 10.1. The second-order valence-corrected chi connectivity index (χ2v) is 5.52. The summed E-state index contributed by atoms with van der Waals surface area (Å²) in [6, 6.07) is 11.1. The van der Waals surface area contributed by atoms with E-state index < -0.39 is 0 Å². The van der Waals surface area contributed by atoms with Gasteiger partial charge in [-0.05, 0) is 24.9 Å². The van der Waals surface area contributed by atoms with Crippen molar-refractivity contribution >= 4 is 16.6 Å². The standard InChI is InChI=1S/C17H23N3O/c1-3-15-12-21-9-8-20(15)17-16-7-5-4-6-13(16)10-14(19-17)11-18-2/h4-7,10,15,18H,3,8-9,11-12H2,1-2H3. The summed E-state index contributed by atoms with van der Waals surface area (Å²) in [6.07, 6.45) is 1.08. The number of nitrogens with one attached hydrogen (secondary N) is 1. The van der Waals surface area contributed by atoms with Gasteiger partial charge in [0.1, 0.15) is 5.82 Å². The van der Waals surface area contributed by atoms with E-state index in [1.54, 1.807) is 0 Å². The molecule has 2 aromatic rings. The maximum Gasteiger partial charge on any atom is 0.137 e. The zero-order valence-electron chi connectivity index (χ0n) is 12.8. The Morgan fingerprint density at radius 3 is 3.05 bits per heavy atom. The molecule has 4 nitrogen and oxygen atoms in total. The van der Waals surface area contributed by atoms with Crippen LogP contribution in [0.25, 0.3) is 10.8 Å². The highest BCUT2D eigenvalue weighted by Gasteiger charge is 2.24. The molecule has 3 rings (SSSR count). The fraction of sp³-hybridized carbons (Fsp3) is 0.471. The molecule has 1 aliphatic heterocycles. The first-order valence-electron chi connectivity index (χ1n) is 7.71. The Hall–Kier alpha value is -1.65. The Balaban J connectivity index is 2.10. The number of hydrogen-bond acceptors (Lipinski definition) is 4. The molecule has 0 saturated carbocycles. The number of hydrogen-bond donors (Lipinski definition) is 1. The molecular formula is C17H23N3O. The third-order valence-electron chi connectivity index (χ3n) is 4.10. The van der Waals surface area contributed by atoms with Crippen molar-refractivity contribution in [2.24, 2.45) is 0 Å². The molecule has 0 radical (unpaired) electrons. The van der Waals surface area contributed by atoms with Crippen LogP contribution < -0.4 is 10.2 Å². The maximum atomic E-state index is 5.63. The van der Waals surface area contributed by atoms with Gasteiger partial charge in [-0.15, -0.1) is 0 Å². The number of ether oxygens (including phenoxy) is 1. The molecular weight excluding hydrogens is 262 g/mol. The average molecular weight is 285 g/mol. The van der Waals surface area contributed by atoms with Gasteiger partial charge in [0.2, 0.25) is 0 Å². The summed E-state index contributed by atoms with van der Waals surface area (Å²) in [7, 11) is 1.96. The number of nitrogens with zero attached hydrogens (tertiary/aromatic N) is 2. The highest BCUT2D eigenvalue weighted by atomic mass is 16.5. The van der Waals surface area contributed by atoms with Crippen LogP contribution in [0.2, 0.25) is 0 Å². The van der Waals surface area contributed by atoms with E-state index in [1.165, 1.54) is 10.8 Å². The molecule has 1 unspecified atom stereocenters. The summed E-state index contributed by atoms with van der Waals surface area (Å²) in [6.45, 7) is 5.50. The van der Waals surface area contributed by atoms with Crippen molar-refractivity contribution in [1.29, 1.82) is 0 Å². The Morgan fingerprint density at radius 2 is 2.24 bits per heavy atom. The Bertz CT molecular complexity index is 614. The number of morpholine rings is 1. The van der Waals surface area contributed by atoms with Gasteiger partial charge in [0.05, 0.1) is 24.9 Å². The van der Waals surface area contributed by atoms with Crippen LogP contribution in [0.1, 0.15) is 19.0 Å². The highest BCUT2D eigenvalue weighted by Crippen LogP contribution is 2.29. The largest absolute Gasteiger partial charge is 0.377 e. The van der Waals surface area contributed by atoms with Gasteiger partial charge in [0, 0.05) is 18.5 Å². The van der Waals surface area contributed by atoms with Crippen LogP contribution >= 0.6 is 0 Å². The van der Waals surface area contributed by atoms with Crippen LogP contribution in [-0.2, 0) is 11.3 Å². The summed E-state index contributed by atoms with van der Waals surface area (Å²) in [5.41, 5.74) is 1.09. The first-order valence-corrected chi connectivity index (χ1v) is 7.71. The van der Waals surface area contributed by atoms with Gasteiger partial charge in [-0.25, -0.2) is 4.98 Å². The minimum atomic E-state index is 0.416. The van der Waals surface area contributed by atoms with Crippen LogP contribution in [-0.4, -0.2) is 37.8 Å². The van der Waals surface area contributed by atoms with Crippen LogP contribution in [0.5, 0.6) is 0 Å². The maximum absolute atomic E-state index is 5.63. The van der Waals surface area contributed by atoms with Gasteiger partial charge in [-0.3, -0.25) is 0 Å². The van der Waals surface area contributed by atoms with Crippen molar-refractivity contribution in [1.82, 2.24) is 10.3 Å². The van der Waals surface area contributed by atoms with Crippen molar-refractivity contribution < 1.29 is 4.74 Å². The smallest absolute Gasteiger partial charge is 0.137 e. The third kappa shape index (κ3) is 2.87. The number of pyridine rings is 1. The Kier molecular flexibility index (Phi) is 4.36. The minimum absolute atomic E-state index is 0.416. The second kappa shape index (κ2) is 6.41. The van der Waals surface area contributed by atoms with Crippen molar-refractivity contribution in [3.05, 3.63) is 36.0 Å². The number of aromatic nitrogens is 1. The molecule has 112 valence electrons. The van der Waals surface area contributed by atoms with Gasteiger partial charge >= 0.3 is 0 Å². The van der Waals surface area contributed by atoms with Crippen molar-refractivity contribution in [3.63, 3.8) is 0 Å². The van der Waals surface area contributed by atoms with Crippen molar-refractivity contribution in [2.45, 2.75) is 25.9 Å². The summed E-state index contributed by atoms with van der Waals surface area (Å²) < 4.78 is 5.63. The SMILES string of the molecule is CCC1COCCN1c1nc(CNC)cc2ccccc12. The zero-order valence-corrected chi connectivity index (χ0v) is 12.8. The molecule has 1 saturated heterocycles. The molecule has 0 bridgehead atoms. The van der Waals surface area contributed by atoms with Crippen LogP contribution in [0.3, 0.4) is 0 Å². The first kappa shape index (κ1) is 14.3. The lowest BCUT2D eigenvalue weighted by molar-refractivity contribution is 0.0927. The van der Waals surface area contributed by atoms with Gasteiger partial charge in [-0.1, -0.05) is 31.2 Å². The first-order chi connectivity index (χ1) is 10.3.